The summed E-state index contributed by atoms with van der Waals surface area (Å²) in [4.78, 5) is 36.2. The zero-order chi connectivity index (χ0) is 21.4. The highest BCUT2D eigenvalue weighted by Gasteiger charge is 2.20. The molecule has 9 heteroatoms. The van der Waals surface area contributed by atoms with Crippen LogP contribution in [0.4, 0.5) is 5.69 Å². The molecule has 2 rings (SSSR count). The van der Waals surface area contributed by atoms with Crippen LogP contribution in [0.1, 0.15) is 20.7 Å². The van der Waals surface area contributed by atoms with Crippen molar-refractivity contribution in [2.45, 2.75) is 0 Å². The molecule has 29 heavy (non-hydrogen) atoms. The van der Waals surface area contributed by atoms with Crippen molar-refractivity contribution in [2.75, 3.05) is 40.3 Å². The molecule has 0 fully saturated rings. The summed E-state index contributed by atoms with van der Waals surface area (Å²) in [5.74, 6) is -0.700. The second-order valence-electron chi connectivity index (χ2n) is 5.69. The maximum atomic E-state index is 12.4. The van der Waals surface area contributed by atoms with Gasteiger partial charge in [0.15, 0.2) is 18.1 Å². The van der Waals surface area contributed by atoms with Crippen LogP contribution in [0.15, 0.2) is 36.4 Å². The third-order valence-electron chi connectivity index (χ3n) is 3.90. The number of nitrogens with one attached hydrogen (secondary N) is 2. The van der Waals surface area contributed by atoms with Crippen LogP contribution in [-0.4, -0.2) is 52.8 Å². The molecule has 0 unspecified atom stereocenters. The number of methoxy groups -OCH3 is 3. The van der Waals surface area contributed by atoms with Gasteiger partial charge >= 0.3 is 5.97 Å². The fourth-order valence-electron chi connectivity index (χ4n) is 2.48. The van der Waals surface area contributed by atoms with Gasteiger partial charge in [-0.25, -0.2) is 4.79 Å². The van der Waals surface area contributed by atoms with Gasteiger partial charge in [-0.05, 0) is 18.2 Å². The molecule has 2 N–H and O–H groups in total. The average molecular weight is 402 g/mol. The lowest BCUT2D eigenvalue weighted by molar-refractivity contribution is -0.119. The summed E-state index contributed by atoms with van der Waals surface area (Å²) < 4.78 is 20.6. The van der Waals surface area contributed by atoms with Crippen LogP contribution in [0.2, 0.25) is 0 Å². The van der Waals surface area contributed by atoms with Crippen molar-refractivity contribution in [3.63, 3.8) is 0 Å². The molecule has 0 aliphatic rings. The first-order chi connectivity index (χ1) is 13.9. The standard InChI is InChI=1S/C20H22N2O7/c1-21-19(24)12-6-5-7-13(8-12)22-18(23)11-29-20(25)14-9-16(27-3)17(28-4)10-15(14)26-2/h5-10H,11H2,1-4H3,(H,21,24)(H,22,23). The monoisotopic (exact) mass is 402 g/mol. The molecule has 2 amide bonds. The molecule has 0 aliphatic heterocycles. The van der Waals surface area contributed by atoms with Gasteiger partial charge in [0.1, 0.15) is 11.3 Å². The number of hydrogen-bond acceptors (Lipinski definition) is 7. The van der Waals surface area contributed by atoms with Gasteiger partial charge in [-0.1, -0.05) is 6.07 Å². The van der Waals surface area contributed by atoms with E-state index < -0.39 is 18.5 Å². The molecule has 0 aromatic heterocycles. The van der Waals surface area contributed by atoms with Gasteiger partial charge in [0.05, 0.1) is 21.3 Å². The molecule has 0 saturated heterocycles. The van der Waals surface area contributed by atoms with E-state index in [1.807, 2.05) is 0 Å². The van der Waals surface area contributed by atoms with Gasteiger partial charge in [0.2, 0.25) is 0 Å². The quantitative estimate of drug-likeness (QED) is 0.648. The topological polar surface area (TPSA) is 112 Å². The highest BCUT2D eigenvalue weighted by Crippen LogP contribution is 2.34. The van der Waals surface area contributed by atoms with E-state index in [-0.39, 0.29) is 17.2 Å². The normalized spacial score (nSPS) is 9.93. The zero-order valence-electron chi connectivity index (χ0n) is 16.5. The van der Waals surface area contributed by atoms with Crippen LogP contribution in [-0.2, 0) is 9.53 Å². The van der Waals surface area contributed by atoms with E-state index >= 15 is 0 Å². The Hall–Kier alpha value is -3.75. The highest BCUT2D eigenvalue weighted by molar-refractivity contribution is 5.99. The number of hydrogen-bond donors (Lipinski definition) is 2. The first-order valence-corrected chi connectivity index (χ1v) is 8.52. The van der Waals surface area contributed by atoms with Crippen molar-refractivity contribution < 1.29 is 33.3 Å². The first-order valence-electron chi connectivity index (χ1n) is 8.52. The number of carbonyl (C=O) groups is 3. The number of ether oxygens (including phenoxy) is 4. The third-order valence-corrected chi connectivity index (χ3v) is 3.90. The number of esters is 1. The molecule has 0 atom stereocenters. The molecule has 0 heterocycles. The number of amides is 2. The van der Waals surface area contributed by atoms with Gasteiger partial charge in [-0.3, -0.25) is 9.59 Å². The Morgan fingerprint density at radius 1 is 0.897 bits per heavy atom. The van der Waals surface area contributed by atoms with E-state index in [4.69, 9.17) is 18.9 Å². The van der Waals surface area contributed by atoms with Crippen molar-refractivity contribution >= 4 is 23.5 Å². The highest BCUT2D eigenvalue weighted by atomic mass is 16.5. The summed E-state index contributed by atoms with van der Waals surface area (Å²) in [6.45, 7) is -0.527. The van der Waals surface area contributed by atoms with E-state index in [1.165, 1.54) is 46.6 Å². The lowest BCUT2D eigenvalue weighted by atomic mass is 10.1. The molecule has 0 saturated carbocycles. The van der Waals surface area contributed by atoms with Gasteiger partial charge in [-0.2, -0.15) is 0 Å². The van der Waals surface area contributed by atoms with Crippen molar-refractivity contribution in [3.8, 4) is 17.2 Å². The largest absolute Gasteiger partial charge is 0.496 e. The van der Waals surface area contributed by atoms with Gasteiger partial charge in [0, 0.05) is 30.4 Å². The maximum Gasteiger partial charge on any atom is 0.342 e. The Bertz CT molecular complexity index is 912. The SMILES string of the molecule is CNC(=O)c1cccc(NC(=O)COC(=O)c2cc(OC)c(OC)cc2OC)c1. The van der Waals surface area contributed by atoms with Crippen LogP contribution in [0.5, 0.6) is 17.2 Å². The van der Waals surface area contributed by atoms with E-state index in [1.54, 1.807) is 18.2 Å². The molecule has 0 spiro atoms. The molecule has 0 aliphatic carbocycles. The van der Waals surface area contributed by atoms with Crippen molar-refractivity contribution in [1.29, 1.82) is 0 Å². The zero-order valence-corrected chi connectivity index (χ0v) is 16.5. The van der Waals surface area contributed by atoms with Crippen LogP contribution >= 0.6 is 0 Å². The van der Waals surface area contributed by atoms with Crippen LogP contribution in [0, 0.1) is 0 Å². The third kappa shape index (κ3) is 5.38. The van der Waals surface area contributed by atoms with E-state index in [0.29, 0.717) is 22.7 Å². The van der Waals surface area contributed by atoms with E-state index in [2.05, 4.69) is 10.6 Å². The van der Waals surface area contributed by atoms with Gasteiger partial charge in [-0.15, -0.1) is 0 Å². The summed E-state index contributed by atoms with van der Waals surface area (Å²) in [6, 6.07) is 9.25. The molecule has 2 aromatic carbocycles. The van der Waals surface area contributed by atoms with E-state index in [0.717, 1.165) is 0 Å². The number of rotatable bonds is 8. The van der Waals surface area contributed by atoms with Crippen LogP contribution in [0.25, 0.3) is 0 Å². The van der Waals surface area contributed by atoms with Crippen molar-refractivity contribution in [1.82, 2.24) is 5.32 Å². The summed E-state index contributed by atoms with van der Waals surface area (Å²) >= 11 is 0. The molecule has 2 aromatic rings. The van der Waals surface area contributed by atoms with Crippen LogP contribution in [0.3, 0.4) is 0 Å². The minimum absolute atomic E-state index is 0.0829. The average Bonchev–Trinajstić information content (AvgIpc) is 2.75. The molecule has 0 radical (unpaired) electrons. The first kappa shape index (κ1) is 21.5. The summed E-state index contributed by atoms with van der Waals surface area (Å²) in [7, 11) is 5.79. The predicted molar refractivity (Wildman–Crippen MR) is 105 cm³/mol. The van der Waals surface area contributed by atoms with Gasteiger partial charge < -0.3 is 29.6 Å². The minimum atomic E-state index is -0.767. The second kappa shape index (κ2) is 9.98. The maximum absolute atomic E-state index is 12.4. The lowest BCUT2D eigenvalue weighted by Crippen LogP contribution is -2.22. The number of carbonyl (C=O) groups excluding carboxylic acids is 3. The Labute approximate surface area is 167 Å². The number of benzene rings is 2. The second-order valence-corrected chi connectivity index (χ2v) is 5.69. The number of anilines is 1. The molecule has 0 bridgehead atoms. The van der Waals surface area contributed by atoms with Crippen molar-refractivity contribution in [2.24, 2.45) is 0 Å². The summed E-state index contributed by atoms with van der Waals surface area (Å²) in [6.07, 6.45) is 0. The lowest BCUT2D eigenvalue weighted by Gasteiger charge is -2.13. The Kier molecular flexibility index (Phi) is 7.41. The fourth-order valence-corrected chi connectivity index (χ4v) is 2.48. The predicted octanol–water partition coefficient (Wildman–Crippen LogP) is 1.87. The van der Waals surface area contributed by atoms with Crippen LogP contribution < -0.4 is 24.8 Å². The molecular formula is C20H22N2O7. The molecule has 9 nitrogen and oxygen atoms in total. The molecule has 154 valence electrons. The smallest absolute Gasteiger partial charge is 0.342 e. The Morgan fingerprint density at radius 3 is 2.17 bits per heavy atom. The summed E-state index contributed by atoms with van der Waals surface area (Å²) in [5.41, 5.74) is 0.868. The Balaban J connectivity index is 2.05. The minimum Gasteiger partial charge on any atom is -0.496 e. The molecular weight excluding hydrogens is 380 g/mol. The Morgan fingerprint density at radius 2 is 1.55 bits per heavy atom. The van der Waals surface area contributed by atoms with Crippen molar-refractivity contribution in [3.05, 3.63) is 47.5 Å². The van der Waals surface area contributed by atoms with E-state index in [9.17, 15) is 14.4 Å². The fraction of sp³-hybridized carbons (Fsp3) is 0.250. The summed E-state index contributed by atoms with van der Waals surface area (Å²) in [5, 5.41) is 5.06. The van der Waals surface area contributed by atoms with Gasteiger partial charge in [0.25, 0.3) is 11.8 Å².